The summed E-state index contributed by atoms with van der Waals surface area (Å²) in [6.07, 6.45) is 1.49. The molecule has 2 N–H and O–H groups in total. The lowest BCUT2D eigenvalue weighted by atomic mass is 9.84. The first-order chi connectivity index (χ1) is 9.49. The summed E-state index contributed by atoms with van der Waals surface area (Å²) in [4.78, 5) is 4.60. The Labute approximate surface area is 119 Å². The summed E-state index contributed by atoms with van der Waals surface area (Å²) in [5, 5.41) is 14.1. The van der Waals surface area contributed by atoms with Gasteiger partial charge in [0.15, 0.2) is 0 Å². The number of benzene rings is 1. The average Bonchev–Trinajstić information content (AvgIpc) is 2.80. The number of hydrogen-bond donors (Lipinski definition) is 2. The van der Waals surface area contributed by atoms with Crippen LogP contribution in [0.4, 0.5) is 0 Å². The van der Waals surface area contributed by atoms with Gasteiger partial charge in [0.25, 0.3) is 0 Å². The zero-order valence-electron chi connectivity index (χ0n) is 12.1. The van der Waals surface area contributed by atoms with Gasteiger partial charge in [0.2, 0.25) is 5.90 Å². The molecule has 0 unspecified atom stereocenters. The van der Waals surface area contributed by atoms with E-state index in [1.165, 1.54) is 0 Å². The molecule has 0 saturated carbocycles. The fraction of sp³-hybridized carbons (Fsp3) is 0.562. The van der Waals surface area contributed by atoms with Gasteiger partial charge in [-0.2, -0.15) is 0 Å². The van der Waals surface area contributed by atoms with Gasteiger partial charge in [0.1, 0.15) is 6.61 Å². The third-order valence-electron chi connectivity index (χ3n) is 4.04. The number of nitrogens with zero attached hydrogens (tertiary/aromatic N) is 1. The van der Waals surface area contributed by atoms with E-state index in [0.29, 0.717) is 12.5 Å². The minimum atomic E-state index is -0.726. The number of aliphatic hydroxyl groups is 1. The molecule has 0 aliphatic carbocycles. The minimum Gasteiger partial charge on any atom is -0.475 e. The second kappa shape index (κ2) is 4.86. The molecule has 1 fully saturated rings. The van der Waals surface area contributed by atoms with E-state index in [2.05, 4.69) is 24.2 Å². The van der Waals surface area contributed by atoms with Crippen LogP contribution in [0.15, 0.2) is 29.3 Å². The molecule has 20 heavy (non-hydrogen) atoms. The Bertz CT molecular complexity index is 531. The molecule has 2 aliphatic heterocycles. The summed E-state index contributed by atoms with van der Waals surface area (Å²) in [7, 11) is 0. The number of ether oxygens (including phenoxy) is 1. The second-order valence-electron chi connectivity index (χ2n) is 6.38. The number of hydrogen-bond acceptors (Lipinski definition) is 4. The summed E-state index contributed by atoms with van der Waals surface area (Å²) < 4.78 is 5.69. The molecule has 108 valence electrons. The van der Waals surface area contributed by atoms with Crippen LogP contribution in [-0.2, 0) is 10.3 Å². The third kappa shape index (κ3) is 2.58. The fourth-order valence-corrected chi connectivity index (χ4v) is 2.80. The van der Waals surface area contributed by atoms with E-state index in [-0.39, 0.29) is 5.54 Å². The van der Waals surface area contributed by atoms with E-state index in [4.69, 9.17) is 4.74 Å². The van der Waals surface area contributed by atoms with E-state index in [9.17, 15) is 5.11 Å². The van der Waals surface area contributed by atoms with E-state index in [0.717, 1.165) is 37.1 Å². The Balaban J connectivity index is 1.90. The number of piperidine rings is 1. The monoisotopic (exact) mass is 274 g/mol. The molecule has 0 bridgehead atoms. The summed E-state index contributed by atoms with van der Waals surface area (Å²) in [5.41, 5.74) is 1.04. The highest BCUT2D eigenvalue weighted by Crippen LogP contribution is 2.31. The summed E-state index contributed by atoms with van der Waals surface area (Å²) in [6.45, 7) is 6.44. The molecule has 0 amide bonds. The van der Waals surface area contributed by atoms with Crippen molar-refractivity contribution in [2.24, 2.45) is 4.99 Å². The molecule has 2 aliphatic rings. The number of aliphatic imine (C=N–C) groups is 1. The Morgan fingerprint density at radius 1 is 1.25 bits per heavy atom. The Morgan fingerprint density at radius 2 is 2.00 bits per heavy atom. The normalized spacial score (nSPS) is 24.1. The minimum absolute atomic E-state index is 0.156. The van der Waals surface area contributed by atoms with Crippen LogP contribution in [0.5, 0.6) is 0 Å². The van der Waals surface area contributed by atoms with Gasteiger partial charge in [-0.3, -0.25) is 0 Å². The molecule has 0 aromatic heterocycles. The molecule has 1 aromatic rings. The first-order valence-electron chi connectivity index (χ1n) is 7.25. The van der Waals surface area contributed by atoms with Crippen molar-refractivity contribution in [2.75, 3.05) is 19.7 Å². The lowest BCUT2D eigenvalue weighted by Gasteiger charge is -2.33. The second-order valence-corrected chi connectivity index (χ2v) is 6.38. The molecule has 0 atom stereocenters. The van der Waals surface area contributed by atoms with Crippen molar-refractivity contribution in [1.82, 2.24) is 5.32 Å². The SMILES string of the molecule is CC1(C)COC(c2cccc(C3(O)CCNCC3)c2)=N1. The topological polar surface area (TPSA) is 53.9 Å². The smallest absolute Gasteiger partial charge is 0.216 e. The van der Waals surface area contributed by atoms with Gasteiger partial charge < -0.3 is 15.2 Å². The van der Waals surface area contributed by atoms with Crippen LogP contribution in [0.25, 0.3) is 0 Å². The Morgan fingerprint density at radius 3 is 2.65 bits per heavy atom. The quantitative estimate of drug-likeness (QED) is 0.865. The molecular weight excluding hydrogens is 252 g/mol. The number of nitrogens with one attached hydrogen (secondary N) is 1. The zero-order chi connectivity index (χ0) is 14.2. The maximum Gasteiger partial charge on any atom is 0.216 e. The zero-order valence-corrected chi connectivity index (χ0v) is 12.1. The lowest BCUT2D eigenvalue weighted by molar-refractivity contribution is 0.00592. The van der Waals surface area contributed by atoms with Crippen LogP contribution in [-0.4, -0.2) is 36.2 Å². The van der Waals surface area contributed by atoms with Crippen LogP contribution in [0.2, 0.25) is 0 Å². The Hall–Kier alpha value is -1.39. The van der Waals surface area contributed by atoms with Crippen molar-refractivity contribution in [3.05, 3.63) is 35.4 Å². The average molecular weight is 274 g/mol. The van der Waals surface area contributed by atoms with Gasteiger partial charge >= 0.3 is 0 Å². The summed E-state index contributed by atoms with van der Waals surface area (Å²) in [6, 6.07) is 7.98. The highest BCUT2D eigenvalue weighted by molar-refractivity contribution is 5.95. The fourth-order valence-electron chi connectivity index (χ4n) is 2.80. The van der Waals surface area contributed by atoms with Gasteiger partial charge in [0, 0.05) is 5.56 Å². The Kier molecular flexibility index (Phi) is 3.30. The molecular formula is C16H22N2O2. The predicted molar refractivity (Wildman–Crippen MR) is 79.0 cm³/mol. The maximum atomic E-state index is 10.8. The molecule has 2 heterocycles. The first kappa shape index (κ1) is 13.6. The molecule has 4 nitrogen and oxygen atoms in total. The third-order valence-corrected chi connectivity index (χ3v) is 4.04. The first-order valence-corrected chi connectivity index (χ1v) is 7.25. The van der Waals surface area contributed by atoms with Crippen molar-refractivity contribution in [2.45, 2.75) is 37.8 Å². The molecule has 4 heteroatoms. The molecule has 3 rings (SSSR count). The van der Waals surface area contributed by atoms with E-state index < -0.39 is 5.60 Å². The van der Waals surface area contributed by atoms with Gasteiger partial charge in [0.05, 0.1) is 11.1 Å². The predicted octanol–water partition coefficient (Wildman–Crippen LogP) is 1.81. The van der Waals surface area contributed by atoms with Crippen molar-refractivity contribution < 1.29 is 9.84 Å². The van der Waals surface area contributed by atoms with Gasteiger partial charge in [-0.25, -0.2) is 4.99 Å². The number of rotatable bonds is 2. The maximum absolute atomic E-state index is 10.8. The summed E-state index contributed by atoms with van der Waals surface area (Å²) in [5.74, 6) is 0.689. The van der Waals surface area contributed by atoms with Gasteiger partial charge in [-0.1, -0.05) is 12.1 Å². The summed E-state index contributed by atoms with van der Waals surface area (Å²) >= 11 is 0. The van der Waals surface area contributed by atoms with Crippen molar-refractivity contribution in [3.63, 3.8) is 0 Å². The van der Waals surface area contributed by atoms with E-state index in [1.54, 1.807) is 0 Å². The highest BCUT2D eigenvalue weighted by Gasteiger charge is 2.32. The van der Waals surface area contributed by atoms with E-state index in [1.807, 2.05) is 24.3 Å². The van der Waals surface area contributed by atoms with Crippen molar-refractivity contribution >= 4 is 5.90 Å². The van der Waals surface area contributed by atoms with Crippen LogP contribution >= 0.6 is 0 Å². The highest BCUT2D eigenvalue weighted by atomic mass is 16.5. The molecule has 1 saturated heterocycles. The lowest BCUT2D eigenvalue weighted by Crippen LogP contribution is -2.39. The standard InChI is InChI=1S/C16H22N2O2/c1-15(2)11-20-14(18-15)12-4-3-5-13(10-12)16(19)6-8-17-9-7-16/h3-5,10,17,19H,6-9,11H2,1-2H3. The van der Waals surface area contributed by atoms with Crippen LogP contribution in [0.1, 0.15) is 37.8 Å². The van der Waals surface area contributed by atoms with Crippen molar-refractivity contribution in [3.8, 4) is 0 Å². The van der Waals surface area contributed by atoms with Crippen LogP contribution < -0.4 is 5.32 Å². The van der Waals surface area contributed by atoms with Gasteiger partial charge in [-0.05, 0) is 57.5 Å². The molecule has 0 spiro atoms. The van der Waals surface area contributed by atoms with Crippen LogP contribution in [0.3, 0.4) is 0 Å². The van der Waals surface area contributed by atoms with Gasteiger partial charge in [-0.15, -0.1) is 0 Å². The van der Waals surface area contributed by atoms with E-state index >= 15 is 0 Å². The molecule has 0 radical (unpaired) electrons. The largest absolute Gasteiger partial charge is 0.475 e. The van der Waals surface area contributed by atoms with Crippen LogP contribution in [0, 0.1) is 0 Å². The van der Waals surface area contributed by atoms with Crippen molar-refractivity contribution in [1.29, 1.82) is 0 Å². The molecule has 1 aromatic carbocycles.